The number of carbonyl (C=O) groups is 1. The van der Waals surface area contributed by atoms with E-state index in [4.69, 9.17) is 0 Å². The predicted octanol–water partition coefficient (Wildman–Crippen LogP) is 2.04. The number of nitrogens with one attached hydrogen (secondary N) is 1. The van der Waals surface area contributed by atoms with Gasteiger partial charge in [-0.25, -0.2) is 9.97 Å². The first-order valence-electron chi connectivity index (χ1n) is 4.53. The summed E-state index contributed by atoms with van der Waals surface area (Å²) in [5.74, 6) is 0.193. The summed E-state index contributed by atoms with van der Waals surface area (Å²) in [6, 6.07) is 1.87. The number of H-pyrrole nitrogens is 1. The van der Waals surface area contributed by atoms with Crippen molar-refractivity contribution in [3.8, 4) is 0 Å². The second-order valence-electron chi connectivity index (χ2n) is 3.49. The molecule has 0 aliphatic rings. The highest BCUT2D eigenvalue weighted by molar-refractivity contribution is 5.95. The Balaban J connectivity index is 0.00000112. The van der Waals surface area contributed by atoms with E-state index in [-0.39, 0.29) is 19.0 Å². The number of Topliss-reactive ketones (excluding diaryl/α,β-unsaturated/α-hetero) is 1. The fraction of sp³-hybridized carbons (Fsp3) is 0.300. The van der Waals surface area contributed by atoms with Crippen LogP contribution >= 0.6 is 0 Å². The van der Waals surface area contributed by atoms with Crippen molar-refractivity contribution >= 4 is 16.8 Å². The Labute approximate surface area is 82.9 Å². The van der Waals surface area contributed by atoms with Gasteiger partial charge in [-0.2, -0.15) is 0 Å². The van der Waals surface area contributed by atoms with Gasteiger partial charge >= 0.3 is 0 Å². The van der Waals surface area contributed by atoms with Crippen molar-refractivity contribution in [2.24, 2.45) is 5.92 Å². The number of nitrogens with zero attached hydrogens (tertiary/aromatic N) is 2. The molecule has 2 heterocycles. The van der Waals surface area contributed by atoms with E-state index in [1.165, 1.54) is 0 Å². The SMILES string of the molecule is CC(C)C(=O)c1ncc2cc[nH]c2n1.[HH]. The predicted molar refractivity (Wildman–Crippen MR) is 55.2 cm³/mol. The molecule has 0 radical (unpaired) electrons. The molecule has 0 fully saturated rings. The van der Waals surface area contributed by atoms with E-state index < -0.39 is 0 Å². The topological polar surface area (TPSA) is 58.6 Å². The Morgan fingerprint density at radius 3 is 3.07 bits per heavy atom. The standard InChI is InChI=1S/C10H11N3O.H2/c1-6(2)8(14)10-12-5-7-3-4-11-9(7)13-10;/h3-6H,1-2H3,(H,11,12,13);1H. The third-order valence-electron chi connectivity index (χ3n) is 2.04. The van der Waals surface area contributed by atoms with Gasteiger partial charge in [0.1, 0.15) is 5.65 Å². The van der Waals surface area contributed by atoms with Gasteiger partial charge in [0.15, 0.2) is 5.82 Å². The van der Waals surface area contributed by atoms with Gasteiger partial charge in [0.25, 0.3) is 0 Å². The Morgan fingerprint density at radius 2 is 2.36 bits per heavy atom. The van der Waals surface area contributed by atoms with Gasteiger partial charge < -0.3 is 4.98 Å². The molecule has 2 aromatic rings. The van der Waals surface area contributed by atoms with Crippen LogP contribution in [0, 0.1) is 5.92 Å². The van der Waals surface area contributed by atoms with Crippen LogP contribution in [0.4, 0.5) is 0 Å². The number of rotatable bonds is 2. The lowest BCUT2D eigenvalue weighted by Gasteiger charge is -2.01. The molecule has 0 saturated heterocycles. The summed E-state index contributed by atoms with van der Waals surface area (Å²) < 4.78 is 0. The van der Waals surface area contributed by atoms with Crippen LogP contribution in [0.25, 0.3) is 11.0 Å². The molecular formula is C10H13N3O. The molecule has 0 saturated carbocycles. The van der Waals surface area contributed by atoms with Crippen molar-refractivity contribution in [3.63, 3.8) is 0 Å². The minimum atomic E-state index is -0.0672. The summed E-state index contributed by atoms with van der Waals surface area (Å²) in [5, 5.41) is 0.922. The van der Waals surface area contributed by atoms with Gasteiger partial charge in [-0.05, 0) is 6.07 Å². The fourth-order valence-corrected chi connectivity index (χ4v) is 1.22. The first kappa shape index (κ1) is 8.87. The molecule has 4 heteroatoms. The lowest BCUT2D eigenvalue weighted by molar-refractivity contribution is 0.0929. The minimum Gasteiger partial charge on any atom is -0.346 e. The Hall–Kier alpha value is -1.71. The molecule has 1 N–H and O–H groups in total. The van der Waals surface area contributed by atoms with Crippen molar-refractivity contribution in [2.45, 2.75) is 13.8 Å². The van der Waals surface area contributed by atoms with Crippen molar-refractivity contribution < 1.29 is 6.22 Å². The molecular weight excluding hydrogens is 178 g/mol. The van der Waals surface area contributed by atoms with E-state index in [0.717, 1.165) is 5.39 Å². The second-order valence-corrected chi connectivity index (χ2v) is 3.49. The van der Waals surface area contributed by atoms with Crippen LogP contribution in [0.15, 0.2) is 18.5 Å². The van der Waals surface area contributed by atoms with Crippen molar-refractivity contribution in [1.29, 1.82) is 0 Å². The Morgan fingerprint density at radius 1 is 1.57 bits per heavy atom. The number of carbonyl (C=O) groups excluding carboxylic acids is 1. The van der Waals surface area contributed by atoms with Crippen molar-refractivity contribution in [2.75, 3.05) is 0 Å². The summed E-state index contributed by atoms with van der Waals surface area (Å²) in [4.78, 5) is 22.7. The molecule has 2 rings (SSSR count). The van der Waals surface area contributed by atoms with E-state index in [9.17, 15) is 4.79 Å². The summed E-state index contributed by atoms with van der Waals surface area (Å²) in [7, 11) is 0. The molecule has 0 aromatic carbocycles. The van der Waals surface area contributed by atoms with Gasteiger partial charge in [0, 0.05) is 25.1 Å². The van der Waals surface area contributed by atoms with E-state index in [1.54, 1.807) is 12.4 Å². The fourth-order valence-electron chi connectivity index (χ4n) is 1.22. The van der Waals surface area contributed by atoms with Gasteiger partial charge in [0.2, 0.25) is 5.78 Å². The maximum absolute atomic E-state index is 11.6. The van der Waals surface area contributed by atoms with E-state index in [1.807, 2.05) is 19.9 Å². The highest BCUT2D eigenvalue weighted by Crippen LogP contribution is 2.10. The molecule has 0 aliphatic heterocycles. The van der Waals surface area contributed by atoms with Crippen LogP contribution < -0.4 is 0 Å². The maximum Gasteiger partial charge on any atom is 0.202 e. The zero-order valence-corrected chi connectivity index (χ0v) is 8.11. The second kappa shape index (κ2) is 3.21. The quantitative estimate of drug-likeness (QED) is 0.739. The molecule has 74 valence electrons. The third-order valence-corrected chi connectivity index (χ3v) is 2.04. The molecule has 4 nitrogen and oxygen atoms in total. The van der Waals surface area contributed by atoms with Crippen LogP contribution in [0.5, 0.6) is 0 Å². The highest BCUT2D eigenvalue weighted by atomic mass is 16.1. The average molecular weight is 191 g/mol. The molecule has 0 aliphatic carbocycles. The number of aromatic nitrogens is 3. The van der Waals surface area contributed by atoms with E-state index in [0.29, 0.717) is 5.65 Å². The summed E-state index contributed by atoms with van der Waals surface area (Å²) in [5.41, 5.74) is 0.712. The Bertz CT molecular complexity index is 478. The zero-order valence-electron chi connectivity index (χ0n) is 8.11. The molecule has 2 aromatic heterocycles. The number of hydrogen-bond donors (Lipinski definition) is 1. The third kappa shape index (κ3) is 1.39. The van der Waals surface area contributed by atoms with Crippen LogP contribution in [0.3, 0.4) is 0 Å². The van der Waals surface area contributed by atoms with Crippen LogP contribution in [0.2, 0.25) is 0 Å². The highest BCUT2D eigenvalue weighted by Gasteiger charge is 2.13. The number of aromatic amines is 1. The largest absolute Gasteiger partial charge is 0.346 e. The smallest absolute Gasteiger partial charge is 0.202 e. The summed E-state index contributed by atoms with van der Waals surface area (Å²) in [6.07, 6.45) is 3.44. The first-order chi connectivity index (χ1) is 6.68. The minimum absolute atomic E-state index is 0. The average Bonchev–Trinajstić information content (AvgIpc) is 2.62. The van der Waals surface area contributed by atoms with Gasteiger partial charge in [0.05, 0.1) is 0 Å². The lowest BCUT2D eigenvalue weighted by Crippen LogP contribution is -2.11. The molecule has 0 unspecified atom stereocenters. The van der Waals surface area contributed by atoms with E-state index in [2.05, 4.69) is 15.0 Å². The number of hydrogen-bond acceptors (Lipinski definition) is 3. The van der Waals surface area contributed by atoms with Crippen molar-refractivity contribution in [3.05, 3.63) is 24.3 Å². The normalized spacial score (nSPS) is 11.1. The maximum atomic E-state index is 11.6. The van der Waals surface area contributed by atoms with Gasteiger partial charge in [-0.1, -0.05) is 13.8 Å². The summed E-state index contributed by atoms with van der Waals surface area (Å²) in [6.45, 7) is 3.68. The van der Waals surface area contributed by atoms with Crippen molar-refractivity contribution in [1.82, 2.24) is 15.0 Å². The summed E-state index contributed by atoms with van der Waals surface area (Å²) >= 11 is 0. The van der Waals surface area contributed by atoms with Gasteiger partial charge in [-0.15, -0.1) is 0 Å². The molecule has 0 spiro atoms. The zero-order chi connectivity index (χ0) is 10.1. The van der Waals surface area contributed by atoms with Crippen LogP contribution in [0.1, 0.15) is 25.9 Å². The Kier molecular flexibility index (Phi) is 2.04. The molecule has 0 atom stereocenters. The van der Waals surface area contributed by atoms with Gasteiger partial charge in [-0.3, -0.25) is 4.79 Å². The molecule has 14 heavy (non-hydrogen) atoms. The van der Waals surface area contributed by atoms with E-state index >= 15 is 0 Å². The first-order valence-corrected chi connectivity index (χ1v) is 4.53. The molecule has 0 bridgehead atoms. The molecule has 0 amide bonds. The van der Waals surface area contributed by atoms with Crippen LogP contribution in [-0.4, -0.2) is 20.7 Å². The number of ketones is 1. The lowest BCUT2D eigenvalue weighted by atomic mass is 10.1. The monoisotopic (exact) mass is 191 g/mol. The van der Waals surface area contributed by atoms with Crippen LogP contribution in [-0.2, 0) is 0 Å². The number of fused-ring (bicyclic) bond motifs is 1.